The first kappa shape index (κ1) is 8.94. The first-order valence-electron chi connectivity index (χ1n) is 4.82. The van der Waals surface area contributed by atoms with Gasteiger partial charge in [-0.15, -0.1) is 0 Å². The molecule has 0 aromatic heterocycles. The first-order valence-corrected chi connectivity index (χ1v) is 4.82. The van der Waals surface area contributed by atoms with Crippen LogP contribution in [0.25, 0.3) is 0 Å². The fourth-order valence-corrected chi connectivity index (χ4v) is 1.59. The zero-order valence-electron chi connectivity index (χ0n) is 8.30. The van der Waals surface area contributed by atoms with Crippen LogP contribution in [0.4, 0.5) is 11.4 Å². The second-order valence-corrected chi connectivity index (χ2v) is 3.51. The van der Waals surface area contributed by atoms with Crippen LogP contribution in [0.15, 0.2) is 35.7 Å². The molecule has 0 atom stereocenters. The highest BCUT2D eigenvalue weighted by Gasteiger charge is 2.09. The molecule has 1 heterocycles. The Bertz CT molecular complexity index is 365. The monoisotopic (exact) mass is 189 g/mol. The van der Waals surface area contributed by atoms with Crippen molar-refractivity contribution in [2.24, 2.45) is 5.73 Å². The maximum atomic E-state index is 5.78. The number of allylic oxidation sites excluding steroid dienone is 1. The summed E-state index contributed by atoms with van der Waals surface area (Å²) in [6.07, 6.45) is 0.941. The number of fused-ring (bicyclic) bond motifs is 1. The zero-order chi connectivity index (χ0) is 9.97. The Labute approximate surface area is 84.0 Å². The average Bonchev–Trinajstić information content (AvgIpc) is 2.39. The molecule has 0 amide bonds. The summed E-state index contributed by atoms with van der Waals surface area (Å²) in [5.74, 6) is 0. The van der Waals surface area contributed by atoms with E-state index in [1.165, 1.54) is 0 Å². The van der Waals surface area contributed by atoms with Gasteiger partial charge in [-0.3, -0.25) is 0 Å². The second-order valence-electron chi connectivity index (χ2n) is 3.51. The van der Waals surface area contributed by atoms with Crippen molar-refractivity contribution in [1.29, 1.82) is 0 Å². The highest BCUT2D eigenvalue weighted by atomic mass is 15.0. The van der Waals surface area contributed by atoms with Crippen LogP contribution >= 0.6 is 0 Å². The van der Waals surface area contributed by atoms with Gasteiger partial charge in [-0.2, -0.15) is 0 Å². The van der Waals surface area contributed by atoms with Crippen molar-refractivity contribution in [3.63, 3.8) is 0 Å². The van der Waals surface area contributed by atoms with E-state index in [9.17, 15) is 0 Å². The Hall–Kier alpha value is -1.64. The van der Waals surface area contributed by atoms with Crippen LogP contribution in [-0.2, 0) is 0 Å². The Balaban J connectivity index is 2.36. The van der Waals surface area contributed by atoms with E-state index >= 15 is 0 Å². The minimum absolute atomic E-state index is 0.864. The zero-order valence-corrected chi connectivity index (χ0v) is 8.30. The predicted molar refractivity (Wildman–Crippen MR) is 60.1 cm³/mol. The lowest BCUT2D eigenvalue weighted by Gasteiger charge is -2.09. The number of benzene rings is 1. The predicted octanol–water partition coefficient (Wildman–Crippen LogP) is 2.10. The van der Waals surface area contributed by atoms with Gasteiger partial charge in [-0.05, 0) is 19.1 Å². The van der Waals surface area contributed by atoms with Crippen molar-refractivity contribution >= 4 is 11.4 Å². The number of para-hydroxylation sites is 2. The minimum Gasteiger partial charge on any atom is -0.401 e. The van der Waals surface area contributed by atoms with Crippen LogP contribution in [0.2, 0.25) is 0 Å². The van der Waals surface area contributed by atoms with Crippen molar-refractivity contribution in [3.05, 3.63) is 35.7 Å². The quantitative estimate of drug-likeness (QED) is 0.586. The Kier molecular flexibility index (Phi) is 2.31. The number of anilines is 2. The van der Waals surface area contributed by atoms with Crippen LogP contribution in [0.3, 0.4) is 0 Å². The number of hydrogen-bond donors (Lipinski definition) is 3. The molecule has 0 saturated carbocycles. The van der Waals surface area contributed by atoms with Gasteiger partial charge in [0.15, 0.2) is 0 Å². The highest BCUT2D eigenvalue weighted by Crippen LogP contribution is 2.26. The second kappa shape index (κ2) is 3.62. The van der Waals surface area contributed by atoms with Crippen molar-refractivity contribution in [3.8, 4) is 0 Å². The molecule has 0 aliphatic carbocycles. The van der Waals surface area contributed by atoms with E-state index in [1.807, 2.05) is 19.1 Å². The molecular weight excluding hydrogens is 174 g/mol. The molecule has 4 N–H and O–H groups in total. The average molecular weight is 189 g/mol. The summed E-state index contributed by atoms with van der Waals surface area (Å²) in [5, 5.41) is 6.71. The minimum atomic E-state index is 0.864. The summed E-state index contributed by atoms with van der Waals surface area (Å²) in [7, 11) is 0. The number of nitrogens with one attached hydrogen (secondary N) is 2. The van der Waals surface area contributed by atoms with Gasteiger partial charge in [0, 0.05) is 24.4 Å². The van der Waals surface area contributed by atoms with Gasteiger partial charge in [0.25, 0.3) is 0 Å². The SMILES string of the molecule is C/C(N)=C1\CCNc2ccccc2N1. The lowest BCUT2D eigenvalue weighted by atomic mass is 10.2. The van der Waals surface area contributed by atoms with E-state index < -0.39 is 0 Å². The van der Waals surface area contributed by atoms with Crippen molar-refractivity contribution in [2.75, 3.05) is 17.2 Å². The Morgan fingerprint density at radius 3 is 2.71 bits per heavy atom. The normalized spacial score (nSPS) is 18.6. The van der Waals surface area contributed by atoms with Gasteiger partial charge in [0.2, 0.25) is 0 Å². The highest BCUT2D eigenvalue weighted by molar-refractivity contribution is 5.71. The van der Waals surface area contributed by atoms with Crippen LogP contribution in [0.5, 0.6) is 0 Å². The van der Waals surface area contributed by atoms with Crippen LogP contribution in [0.1, 0.15) is 13.3 Å². The van der Waals surface area contributed by atoms with E-state index in [0.717, 1.165) is 35.7 Å². The molecule has 0 fully saturated rings. The summed E-state index contributed by atoms with van der Waals surface area (Å²) >= 11 is 0. The maximum absolute atomic E-state index is 5.78. The summed E-state index contributed by atoms with van der Waals surface area (Å²) in [6.45, 7) is 2.85. The number of hydrogen-bond acceptors (Lipinski definition) is 3. The number of nitrogens with two attached hydrogens (primary N) is 1. The summed E-state index contributed by atoms with van der Waals surface area (Å²) in [6, 6.07) is 8.16. The van der Waals surface area contributed by atoms with Gasteiger partial charge in [-0.1, -0.05) is 12.1 Å². The van der Waals surface area contributed by atoms with Crippen LogP contribution < -0.4 is 16.4 Å². The summed E-state index contributed by atoms with van der Waals surface area (Å²) < 4.78 is 0. The molecule has 1 aliphatic heterocycles. The third-order valence-electron chi connectivity index (χ3n) is 2.38. The largest absolute Gasteiger partial charge is 0.401 e. The molecule has 0 bridgehead atoms. The molecule has 1 aromatic rings. The summed E-state index contributed by atoms with van der Waals surface area (Å²) in [5.41, 5.74) is 10.0. The Morgan fingerprint density at radius 2 is 2.00 bits per heavy atom. The van der Waals surface area contributed by atoms with Crippen molar-refractivity contribution < 1.29 is 0 Å². The standard InChI is InChI=1S/C11H15N3/c1-8(12)9-6-7-13-10-4-2-3-5-11(10)14-9/h2-5,13-14H,6-7,12H2,1H3/b9-8-. The fourth-order valence-electron chi connectivity index (χ4n) is 1.59. The van der Waals surface area contributed by atoms with Crippen molar-refractivity contribution in [1.82, 2.24) is 0 Å². The lowest BCUT2D eigenvalue weighted by Crippen LogP contribution is -2.07. The number of rotatable bonds is 0. The van der Waals surface area contributed by atoms with Crippen LogP contribution in [-0.4, -0.2) is 6.54 Å². The fraction of sp³-hybridized carbons (Fsp3) is 0.273. The first-order chi connectivity index (χ1) is 6.77. The van der Waals surface area contributed by atoms with Gasteiger partial charge < -0.3 is 16.4 Å². The van der Waals surface area contributed by atoms with Gasteiger partial charge in [0.1, 0.15) is 0 Å². The van der Waals surface area contributed by atoms with Gasteiger partial charge in [0.05, 0.1) is 11.4 Å². The molecule has 1 aromatic carbocycles. The van der Waals surface area contributed by atoms with E-state index in [2.05, 4.69) is 22.8 Å². The molecule has 0 unspecified atom stereocenters. The molecule has 14 heavy (non-hydrogen) atoms. The molecule has 74 valence electrons. The molecule has 1 aliphatic rings. The third kappa shape index (κ3) is 1.66. The molecule has 3 heteroatoms. The molecule has 3 nitrogen and oxygen atoms in total. The molecule has 2 rings (SSSR count). The van der Waals surface area contributed by atoms with E-state index in [-0.39, 0.29) is 0 Å². The van der Waals surface area contributed by atoms with Crippen molar-refractivity contribution in [2.45, 2.75) is 13.3 Å². The molecule has 0 saturated heterocycles. The van der Waals surface area contributed by atoms with E-state index in [1.54, 1.807) is 0 Å². The van der Waals surface area contributed by atoms with Gasteiger partial charge in [-0.25, -0.2) is 0 Å². The molecular formula is C11H15N3. The Morgan fingerprint density at radius 1 is 1.29 bits per heavy atom. The topological polar surface area (TPSA) is 50.1 Å². The lowest BCUT2D eigenvalue weighted by molar-refractivity contribution is 0.988. The van der Waals surface area contributed by atoms with E-state index in [0.29, 0.717) is 0 Å². The molecule has 0 spiro atoms. The molecule has 0 radical (unpaired) electrons. The maximum Gasteiger partial charge on any atom is 0.0618 e. The smallest absolute Gasteiger partial charge is 0.0618 e. The van der Waals surface area contributed by atoms with Gasteiger partial charge >= 0.3 is 0 Å². The van der Waals surface area contributed by atoms with E-state index in [4.69, 9.17) is 5.73 Å². The van der Waals surface area contributed by atoms with Crippen LogP contribution in [0, 0.1) is 0 Å². The third-order valence-corrected chi connectivity index (χ3v) is 2.38. The summed E-state index contributed by atoms with van der Waals surface area (Å²) in [4.78, 5) is 0.